The molecule has 4 atom stereocenters. The molecule has 27 heavy (non-hydrogen) atoms. The molecule has 1 aromatic heterocycles. The monoisotopic (exact) mass is 378 g/mol. The van der Waals surface area contributed by atoms with E-state index in [-0.39, 0.29) is 13.2 Å². The van der Waals surface area contributed by atoms with Gasteiger partial charge in [0.2, 0.25) is 0 Å². The maximum absolute atomic E-state index is 10.8. The molecule has 3 aliphatic carbocycles. The van der Waals surface area contributed by atoms with E-state index in [0.717, 1.165) is 49.8 Å². The molecule has 0 amide bonds. The summed E-state index contributed by atoms with van der Waals surface area (Å²) in [4.78, 5) is 2.14. The molecule has 152 valence electrons. The summed E-state index contributed by atoms with van der Waals surface area (Å²) in [7, 11) is 0. The van der Waals surface area contributed by atoms with Crippen LogP contribution in [-0.4, -0.2) is 62.7 Å². The number of hydrogen-bond donors (Lipinski definition) is 4. The molecule has 0 aliphatic heterocycles. The fraction of sp³-hybridized carbons (Fsp3) is 0.810. The first-order valence-corrected chi connectivity index (χ1v) is 10.7. The van der Waals surface area contributed by atoms with Crippen molar-refractivity contribution in [3.8, 4) is 11.8 Å². The highest BCUT2D eigenvalue weighted by atomic mass is 16.3. The van der Waals surface area contributed by atoms with Gasteiger partial charge in [0.15, 0.2) is 11.8 Å². The van der Waals surface area contributed by atoms with E-state index < -0.39 is 0 Å². The highest BCUT2D eigenvalue weighted by molar-refractivity contribution is 5.54. The Labute approximate surface area is 161 Å². The molecule has 1 heterocycles. The Morgan fingerprint density at radius 1 is 0.815 bits per heavy atom. The summed E-state index contributed by atoms with van der Waals surface area (Å²) < 4.78 is 1.78. The van der Waals surface area contributed by atoms with Crippen LogP contribution in [0.25, 0.3) is 0 Å². The Morgan fingerprint density at radius 3 is 1.93 bits per heavy atom. The van der Waals surface area contributed by atoms with Crippen molar-refractivity contribution >= 4 is 0 Å². The van der Waals surface area contributed by atoms with E-state index >= 15 is 0 Å². The van der Waals surface area contributed by atoms with Crippen molar-refractivity contribution in [1.29, 1.82) is 0 Å². The molecule has 2 saturated carbocycles. The lowest BCUT2D eigenvalue weighted by molar-refractivity contribution is 0.103. The molecule has 4 rings (SSSR count). The molecular formula is C21H34N2O4. The normalized spacial score (nSPS) is 29.6. The molecule has 1 aromatic rings. The second-order valence-corrected chi connectivity index (χ2v) is 8.84. The molecule has 0 saturated heterocycles. The molecule has 2 bridgehead atoms. The third-order valence-corrected chi connectivity index (χ3v) is 7.34. The van der Waals surface area contributed by atoms with Crippen LogP contribution in [0.2, 0.25) is 0 Å². The summed E-state index contributed by atoms with van der Waals surface area (Å²) in [5, 5.41) is 40.3. The van der Waals surface area contributed by atoms with Gasteiger partial charge in [-0.15, -0.1) is 0 Å². The zero-order chi connectivity index (χ0) is 19.0. The van der Waals surface area contributed by atoms with Crippen molar-refractivity contribution in [1.82, 2.24) is 9.47 Å². The van der Waals surface area contributed by atoms with E-state index in [0.29, 0.717) is 55.1 Å². The predicted octanol–water partition coefficient (Wildman–Crippen LogP) is 2.36. The Bertz CT molecular complexity index is 620. The average molecular weight is 379 g/mol. The van der Waals surface area contributed by atoms with Gasteiger partial charge in [-0.3, -0.25) is 9.47 Å². The summed E-state index contributed by atoms with van der Waals surface area (Å²) in [6, 6.07) is 0. The first-order chi connectivity index (χ1) is 13.1. The maximum Gasteiger partial charge on any atom is 0.197 e. The Kier molecular flexibility index (Phi) is 5.67. The predicted molar refractivity (Wildman–Crippen MR) is 103 cm³/mol. The van der Waals surface area contributed by atoms with Gasteiger partial charge in [-0.2, -0.15) is 0 Å². The lowest BCUT2D eigenvalue weighted by Gasteiger charge is -2.35. The van der Waals surface area contributed by atoms with Crippen LogP contribution in [0.3, 0.4) is 0 Å². The second kappa shape index (κ2) is 8.02. The van der Waals surface area contributed by atoms with E-state index in [2.05, 4.69) is 4.90 Å². The third kappa shape index (κ3) is 3.47. The number of aliphatic hydroxyl groups excluding tert-OH is 2. The summed E-state index contributed by atoms with van der Waals surface area (Å²) in [5.74, 6) is 2.35. The van der Waals surface area contributed by atoms with Crippen LogP contribution in [0.5, 0.6) is 11.8 Å². The zero-order valence-corrected chi connectivity index (χ0v) is 16.2. The zero-order valence-electron chi connectivity index (χ0n) is 16.2. The van der Waals surface area contributed by atoms with Crippen LogP contribution in [0, 0.1) is 11.8 Å². The number of hydrogen-bond acceptors (Lipinski definition) is 5. The van der Waals surface area contributed by atoms with Crippen molar-refractivity contribution in [2.45, 2.75) is 63.3 Å². The SMILES string of the molecule is OCCN(CCO)C[C@@H]1CCCC[C@H]1Cn1c(O)c2c(c1O)[C@H]1CC[C@@H]2C1. The molecule has 6 heteroatoms. The van der Waals surface area contributed by atoms with Gasteiger partial charge in [-0.1, -0.05) is 12.8 Å². The van der Waals surface area contributed by atoms with Crippen molar-refractivity contribution in [2.24, 2.45) is 11.8 Å². The quantitative estimate of drug-likeness (QED) is 0.558. The highest BCUT2D eigenvalue weighted by Crippen LogP contribution is 2.60. The van der Waals surface area contributed by atoms with Gasteiger partial charge in [0.25, 0.3) is 0 Å². The van der Waals surface area contributed by atoms with Gasteiger partial charge in [-0.25, -0.2) is 0 Å². The smallest absolute Gasteiger partial charge is 0.197 e. The Balaban J connectivity index is 1.51. The highest BCUT2D eigenvalue weighted by Gasteiger charge is 2.44. The van der Waals surface area contributed by atoms with Gasteiger partial charge in [0.1, 0.15) is 0 Å². The van der Waals surface area contributed by atoms with Crippen LogP contribution >= 0.6 is 0 Å². The largest absolute Gasteiger partial charge is 0.494 e. The van der Waals surface area contributed by atoms with Gasteiger partial charge in [0.05, 0.1) is 13.2 Å². The van der Waals surface area contributed by atoms with Crippen LogP contribution < -0.4 is 0 Å². The number of fused-ring (bicyclic) bond motifs is 5. The Hall–Kier alpha value is -1.24. The number of aliphatic hydroxyl groups is 2. The van der Waals surface area contributed by atoms with Gasteiger partial charge < -0.3 is 20.4 Å². The van der Waals surface area contributed by atoms with Crippen LogP contribution in [-0.2, 0) is 6.54 Å². The molecule has 0 spiro atoms. The minimum absolute atomic E-state index is 0.103. The summed E-state index contributed by atoms with van der Waals surface area (Å²) in [5.41, 5.74) is 2.05. The minimum atomic E-state index is 0.103. The maximum atomic E-state index is 10.8. The van der Waals surface area contributed by atoms with Crippen molar-refractivity contribution < 1.29 is 20.4 Å². The van der Waals surface area contributed by atoms with E-state index in [9.17, 15) is 20.4 Å². The lowest BCUT2D eigenvalue weighted by atomic mass is 9.78. The molecular weight excluding hydrogens is 344 g/mol. The fourth-order valence-electron chi connectivity index (χ4n) is 6.02. The van der Waals surface area contributed by atoms with Crippen LogP contribution in [0.1, 0.15) is 67.9 Å². The molecule has 3 aliphatic rings. The van der Waals surface area contributed by atoms with Crippen LogP contribution in [0.15, 0.2) is 0 Å². The number of aromatic nitrogens is 1. The van der Waals surface area contributed by atoms with E-state index in [1.165, 1.54) is 12.8 Å². The first kappa shape index (κ1) is 19.1. The molecule has 0 unspecified atom stereocenters. The molecule has 0 aromatic carbocycles. The number of aromatic hydroxyl groups is 2. The summed E-state index contributed by atoms with van der Waals surface area (Å²) in [6.07, 6.45) is 8.00. The standard InChI is InChI=1S/C21H34N2O4/c24-9-7-22(8-10-25)12-16-3-1-2-4-17(16)13-23-20(26)18-14-5-6-15(11-14)19(18)21(23)27/h14-17,24-27H,1-13H2/t14-,15+,16-,17-/m0/s1. The number of nitrogens with zero attached hydrogens (tertiary/aromatic N) is 2. The van der Waals surface area contributed by atoms with Crippen molar-refractivity contribution in [2.75, 3.05) is 32.8 Å². The number of rotatable bonds is 8. The van der Waals surface area contributed by atoms with Crippen molar-refractivity contribution in [3.63, 3.8) is 0 Å². The Morgan fingerprint density at radius 2 is 1.37 bits per heavy atom. The molecule has 6 nitrogen and oxygen atoms in total. The van der Waals surface area contributed by atoms with Crippen molar-refractivity contribution in [3.05, 3.63) is 11.1 Å². The summed E-state index contributed by atoms with van der Waals surface area (Å²) in [6.45, 7) is 2.90. The average Bonchev–Trinajstić information content (AvgIpc) is 3.33. The fourth-order valence-corrected chi connectivity index (χ4v) is 6.02. The van der Waals surface area contributed by atoms with Gasteiger partial charge in [0, 0.05) is 37.3 Å². The van der Waals surface area contributed by atoms with Gasteiger partial charge >= 0.3 is 0 Å². The van der Waals surface area contributed by atoms with Gasteiger partial charge in [-0.05, 0) is 55.8 Å². The first-order valence-electron chi connectivity index (χ1n) is 10.7. The second-order valence-electron chi connectivity index (χ2n) is 8.84. The topological polar surface area (TPSA) is 89.1 Å². The molecule has 4 N–H and O–H groups in total. The third-order valence-electron chi connectivity index (χ3n) is 7.34. The molecule has 2 fully saturated rings. The van der Waals surface area contributed by atoms with E-state index in [1.54, 1.807) is 4.57 Å². The van der Waals surface area contributed by atoms with E-state index in [1.807, 2.05) is 0 Å². The minimum Gasteiger partial charge on any atom is -0.494 e. The lowest BCUT2D eigenvalue weighted by Crippen LogP contribution is -2.38. The summed E-state index contributed by atoms with van der Waals surface area (Å²) >= 11 is 0. The van der Waals surface area contributed by atoms with Crippen LogP contribution in [0.4, 0.5) is 0 Å². The van der Waals surface area contributed by atoms with E-state index in [4.69, 9.17) is 0 Å². The molecule has 0 radical (unpaired) electrons.